The molecule has 3 heterocycles. The maximum absolute atomic E-state index is 4.82. The average molecular weight is 527 g/mol. The molecular weight excluding hydrogens is 500 g/mol. The van der Waals surface area contributed by atoms with Gasteiger partial charge in [0.15, 0.2) is 0 Å². The number of aryl methyl sites for hydroxylation is 1. The van der Waals surface area contributed by atoms with Gasteiger partial charge >= 0.3 is 0 Å². The van der Waals surface area contributed by atoms with Gasteiger partial charge in [0.25, 0.3) is 0 Å². The third-order valence-electron chi connectivity index (χ3n) is 7.94. The van der Waals surface area contributed by atoms with Crippen molar-refractivity contribution in [3.05, 3.63) is 145 Å². The number of nitrogens with zero attached hydrogens (tertiary/aromatic N) is 4. The maximum Gasteiger partial charge on any atom is 0.0985 e. The Morgan fingerprint density at radius 3 is 1.95 bits per heavy atom. The fourth-order valence-electron chi connectivity index (χ4n) is 6.18. The molecule has 0 unspecified atom stereocenters. The highest BCUT2D eigenvalue weighted by atomic mass is 15.2. The number of hydrogen-bond donors (Lipinski definition) is 0. The van der Waals surface area contributed by atoms with Gasteiger partial charge in [0, 0.05) is 45.3 Å². The highest BCUT2D eigenvalue weighted by Gasteiger charge is 2.24. The predicted molar refractivity (Wildman–Crippen MR) is 171 cm³/mol. The number of aromatic nitrogens is 3. The van der Waals surface area contributed by atoms with E-state index in [1.807, 2.05) is 24.5 Å². The summed E-state index contributed by atoms with van der Waals surface area (Å²) in [6, 6.07) is 45.0. The maximum atomic E-state index is 4.82. The number of fused-ring (bicyclic) bond motifs is 6. The van der Waals surface area contributed by atoms with Crippen LogP contribution >= 0.6 is 0 Å². The van der Waals surface area contributed by atoms with Crippen molar-refractivity contribution in [3.8, 4) is 5.69 Å². The third kappa shape index (κ3) is 3.61. The van der Waals surface area contributed by atoms with E-state index in [-0.39, 0.29) is 0 Å². The lowest BCUT2D eigenvalue weighted by Gasteiger charge is -2.28. The van der Waals surface area contributed by atoms with E-state index in [1.165, 1.54) is 16.3 Å². The van der Waals surface area contributed by atoms with Crippen molar-refractivity contribution < 1.29 is 0 Å². The SMILES string of the molecule is Cc1ccc2c3ccccc3n(-c3cc4cccnc4c4ncccc34)c2c1N(c1ccccc1)c1ccccc1. The lowest BCUT2D eigenvalue weighted by Crippen LogP contribution is -2.13. The highest BCUT2D eigenvalue weighted by molar-refractivity contribution is 6.17. The summed E-state index contributed by atoms with van der Waals surface area (Å²) in [5, 5.41) is 4.56. The fourth-order valence-corrected chi connectivity index (χ4v) is 6.18. The molecule has 3 aromatic heterocycles. The summed E-state index contributed by atoms with van der Waals surface area (Å²) in [5.41, 5.74) is 9.80. The van der Waals surface area contributed by atoms with E-state index in [0.717, 1.165) is 55.6 Å². The van der Waals surface area contributed by atoms with Gasteiger partial charge in [-0.1, -0.05) is 72.8 Å². The molecule has 0 saturated heterocycles. The van der Waals surface area contributed by atoms with Crippen LogP contribution in [0.25, 0.3) is 49.3 Å². The number of pyridine rings is 2. The molecule has 0 fully saturated rings. The lowest BCUT2D eigenvalue weighted by molar-refractivity contribution is 1.17. The quantitative estimate of drug-likeness (QED) is 0.214. The molecule has 5 aromatic carbocycles. The second-order valence-electron chi connectivity index (χ2n) is 10.4. The van der Waals surface area contributed by atoms with Crippen LogP contribution in [-0.4, -0.2) is 14.5 Å². The zero-order chi connectivity index (χ0) is 27.3. The summed E-state index contributed by atoms with van der Waals surface area (Å²) >= 11 is 0. The number of rotatable bonds is 4. The molecule has 0 spiro atoms. The van der Waals surface area contributed by atoms with Gasteiger partial charge in [0.05, 0.1) is 33.4 Å². The summed E-state index contributed by atoms with van der Waals surface area (Å²) in [4.78, 5) is 11.9. The molecule has 0 aliphatic carbocycles. The molecular formula is C37H26N4. The van der Waals surface area contributed by atoms with Crippen LogP contribution in [0.1, 0.15) is 5.56 Å². The van der Waals surface area contributed by atoms with Gasteiger partial charge < -0.3 is 9.47 Å². The molecule has 4 nitrogen and oxygen atoms in total. The first-order chi connectivity index (χ1) is 20.3. The molecule has 0 atom stereocenters. The van der Waals surface area contributed by atoms with Crippen molar-refractivity contribution >= 4 is 60.7 Å². The Morgan fingerprint density at radius 1 is 0.561 bits per heavy atom. The minimum Gasteiger partial charge on any atom is -0.308 e. The first-order valence-electron chi connectivity index (χ1n) is 13.9. The highest BCUT2D eigenvalue weighted by Crippen LogP contribution is 2.46. The van der Waals surface area contributed by atoms with Crippen LogP contribution in [0.4, 0.5) is 17.1 Å². The molecule has 194 valence electrons. The second kappa shape index (κ2) is 9.32. The van der Waals surface area contributed by atoms with E-state index in [9.17, 15) is 0 Å². The van der Waals surface area contributed by atoms with Crippen LogP contribution < -0.4 is 4.90 Å². The Hall–Kier alpha value is -5.48. The zero-order valence-electron chi connectivity index (χ0n) is 22.6. The molecule has 8 rings (SSSR count). The van der Waals surface area contributed by atoms with Gasteiger partial charge in [0.1, 0.15) is 0 Å². The van der Waals surface area contributed by atoms with Crippen LogP contribution in [0.5, 0.6) is 0 Å². The largest absolute Gasteiger partial charge is 0.308 e. The van der Waals surface area contributed by atoms with Crippen LogP contribution in [0.15, 0.2) is 140 Å². The van der Waals surface area contributed by atoms with E-state index in [4.69, 9.17) is 9.97 Å². The first kappa shape index (κ1) is 23.4. The first-order valence-corrected chi connectivity index (χ1v) is 13.9. The van der Waals surface area contributed by atoms with Crippen LogP contribution in [-0.2, 0) is 0 Å². The molecule has 0 radical (unpaired) electrons. The standard InChI is InChI=1S/C37H26N4/c1-25-20-21-30-29-17-8-9-19-32(29)41(33-24-26-12-10-22-38-34(26)35-31(33)18-11-23-39-35)37(30)36(25)40(27-13-4-2-5-14-27)28-15-6-3-7-16-28/h2-24H,1H3. The summed E-state index contributed by atoms with van der Waals surface area (Å²) in [5.74, 6) is 0. The Morgan fingerprint density at radius 2 is 1.20 bits per heavy atom. The van der Waals surface area contributed by atoms with E-state index in [1.54, 1.807) is 0 Å². The van der Waals surface area contributed by atoms with E-state index in [2.05, 4.69) is 132 Å². The molecule has 0 aliphatic rings. The number of hydrogen-bond acceptors (Lipinski definition) is 3. The van der Waals surface area contributed by atoms with Crippen molar-refractivity contribution in [3.63, 3.8) is 0 Å². The minimum absolute atomic E-state index is 0.906. The number of anilines is 3. The van der Waals surface area contributed by atoms with Crippen LogP contribution in [0, 0.1) is 6.92 Å². The van der Waals surface area contributed by atoms with Crippen molar-refractivity contribution in [1.82, 2.24) is 14.5 Å². The van der Waals surface area contributed by atoms with Crippen molar-refractivity contribution in [2.75, 3.05) is 4.90 Å². The lowest BCUT2D eigenvalue weighted by atomic mass is 10.0. The van der Waals surface area contributed by atoms with Gasteiger partial charge in [-0.15, -0.1) is 0 Å². The van der Waals surface area contributed by atoms with Gasteiger partial charge in [-0.3, -0.25) is 9.97 Å². The van der Waals surface area contributed by atoms with Gasteiger partial charge in [-0.05, 0) is 67.1 Å². The van der Waals surface area contributed by atoms with E-state index < -0.39 is 0 Å². The smallest absolute Gasteiger partial charge is 0.0985 e. The molecule has 0 aliphatic heterocycles. The van der Waals surface area contributed by atoms with E-state index >= 15 is 0 Å². The molecule has 0 bridgehead atoms. The van der Waals surface area contributed by atoms with Gasteiger partial charge in [-0.25, -0.2) is 0 Å². The van der Waals surface area contributed by atoms with Crippen molar-refractivity contribution in [1.29, 1.82) is 0 Å². The summed E-state index contributed by atoms with van der Waals surface area (Å²) in [7, 11) is 0. The Labute approximate surface area is 237 Å². The summed E-state index contributed by atoms with van der Waals surface area (Å²) in [6.45, 7) is 2.21. The zero-order valence-corrected chi connectivity index (χ0v) is 22.6. The number of benzene rings is 5. The molecule has 0 amide bonds. The number of para-hydroxylation sites is 3. The normalized spacial score (nSPS) is 11.5. The topological polar surface area (TPSA) is 34.0 Å². The summed E-state index contributed by atoms with van der Waals surface area (Å²) < 4.78 is 2.43. The van der Waals surface area contributed by atoms with Crippen molar-refractivity contribution in [2.24, 2.45) is 0 Å². The third-order valence-corrected chi connectivity index (χ3v) is 7.94. The average Bonchev–Trinajstić information content (AvgIpc) is 3.37. The molecule has 0 saturated carbocycles. The monoisotopic (exact) mass is 526 g/mol. The molecule has 0 N–H and O–H groups in total. The fraction of sp³-hybridized carbons (Fsp3) is 0.0270. The second-order valence-corrected chi connectivity index (χ2v) is 10.4. The molecule has 8 aromatic rings. The molecule has 4 heteroatoms. The Bertz CT molecular complexity index is 2180. The Kier molecular flexibility index (Phi) is 5.32. The summed E-state index contributed by atoms with van der Waals surface area (Å²) in [6.07, 6.45) is 3.70. The predicted octanol–water partition coefficient (Wildman–Crippen LogP) is 9.66. The minimum atomic E-state index is 0.906. The van der Waals surface area contributed by atoms with Crippen molar-refractivity contribution in [2.45, 2.75) is 6.92 Å². The Balaban J connectivity index is 1.58. The molecule has 41 heavy (non-hydrogen) atoms. The van der Waals surface area contributed by atoms with Crippen LogP contribution in [0.3, 0.4) is 0 Å². The van der Waals surface area contributed by atoms with Crippen LogP contribution in [0.2, 0.25) is 0 Å². The van der Waals surface area contributed by atoms with Gasteiger partial charge in [0.2, 0.25) is 0 Å². The van der Waals surface area contributed by atoms with E-state index in [0.29, 0.717) is 0 Å². The van der Waals surface area contributed by atoms with Gasteiger partial charge in [-0.2, -0.15) is 0 Å².